The number of rotatable bonds is 3. The Bertz CT molecular complexity index is 783. The normalized spacial score (nSPS) is 14.5. The van der Waals surface area contributed by atoms with Crippen molar-refractivity contribution in [3.63, 3.8) is 0 Å². The van der Waals surface area contributed by atoms with Crippen molar-refractivity contribution in [2.24, 2.45) is 0 Å². The zero-order chi connectivity index (χ0) is 17.8. The summed E-state index contributed by atoms with van der Waals surface area (Å²) in [6, 6.07) is 15.0. The van der Waals surface area contributed by atoms with Crippen LogP contribution < -0.4 is 0 Å². The monoisotopic (exact) mass is 356 g/mol. The summed E-state index contributed by atoms with van der Waals surface area (Å²) in [4.78, 5) is 28.7. The van der Waals surface area contributed by atoms with Crippen molar-refractivity contribution in [1.82, 2.24) is 9.80 Å². The lowest BCUT2D eigenvalue weighted by Crippen LogP contribution is -2.51. The molecule has 25 heavy (non-hydrogen) atoms. The molecular weight excluding hydrogens is 336 g/mol. The zero-order valence-electron chi connectivity index (χ0n) is 14.2. The molecule has 0 atom stereocenters. The molecule has 2 aromatic rings. The van der Waals surface area contributed by atoms with E-state index >= 15 is 0 Å². The van der Waals surface area contributed by atoms with Crippen molar-refractivity contribution in [1.29, 1.82) is 0 Å². The zero-order valence-corrected chi connectivity index (χ0v) is 15.0. The third-order valence-electron chi connectivity index (χ3n) is 4.63. The predicted octanol–water partition coefficient (Wildman–Crippen LogP) is 3.18. The van der Waals surface area contributed by atoms with Gasteiger partial charge >= 0.3 is 0 Å². The van der Waals surface area contributed by atoms with E-state index in [9.17, 15) is 9.59 Å². The number of piperazine rings is 1. The average molecular weight is 357 g/mol. The molecule has 1 aliphatic rings. The Morgan fingerprint density at radius 3 is 2.20 bits per heavy atom. The van der Waals surface area contributed by atoms with Crippen LogP contribution in [-0.2, 0) is 11.2 Å². The van der Waals surface area contributed by atoms with E-state index in [0.717, 1.165) is 11.1 Å². The molecule has 2 amide bonds. The highest BCUT2D eigenvalue weighted by Gasteiger charge is 2.25. The van der Waals surface area contributed by atoms with Crippen LogP contribution in [0.4, 0.5) is 0 Å². The summed E-state index contributed by atoms with van der Waals surface area (Å²) in [7, 11) is 0. The Morgan fingerprint density at radius 1 is 0.920 bits per heavy atom. The van der Waals surface area contributed by atoms with E-state index < -0.39 is 0 Å². The molecule has 0 N–H and O–H groups in total. The maximum absolute atomic E-state index is 12.6. The molecule has 1 saturated heterocycles. The molecule has 0 saturated carbocycles. The van der Waals surface area contributed by atoms with Gasteiger partial charge in [0.15, 0.2) is 0 Å². The van der Waals surface area contributed by atoms with Gasteiger partial charge in [-0.3, -0.25) is 9.59 Å². The van der Waals surface area contributed by atoms with E-state index in [1.54, 1.807) is 29.2 Å². The fourth-order valence-electron chi connectivity index (χ4n) is 3.05. The number of halogens is 1. The minimum absolute atomic E-state index is 0.0726. The smallest absolute Gasteiger partial charge is 0.255 e. The molecule has 5 heteroatoms. The Hall–Kier alpha value is -2.33. The SMILES string of the molecule is Cc1ccccc1CC(=O)N1CCN(C(=O)c2ccccc2Cl)CC1. The van der Waals surface area contributed by atoms with Crippen LogP contribution in [0, 0.1) is 6.92 Å². The van der Waals surface area contributed by atoms with Gasteiger partial charge in [0.2, 0.25) is 5.91 Å². The summed E-state index contributed by atoms with van der Waals surface area (Å²) in [5, 5.41) is 0.463. The number of hydrogen-bond donors (Lipinski definition) is 0. The molecule has 1 fully saturated rings. The van der Waals surface area contributed by atoms with Gasteiger partial charge in [0.25, 0.3) is 5.91 Å². The van der Waals surface area contributed by atoms with E-state index in [2.05, 4.69) is 0 Å². The lowest BCUT2D eigenvalue weighted by atomic mass is 10.1. The molecule has 0 bridgehead atoms. The van der Waals surface area contributed by atoms with Crippen LogP contribution >= 0.6 is 11.6 Å². The van der Waals surface area contributed by atoms with Crippen LogP contribution in [0.25, 0.3) is 0 Å². The number of hydrogen-bond acceptors (Lipinski definition) is 2. The second-order valence-corrected chi connectivity index (χ2v) is 6.66. The Morgan fingerprint density at radius 2 is 1.52 bits per heavy atom. The van der Waals surface area contributed by atoms with Crippen molar-refractivity contribution in [3.8, 4) is 0 Å². The quantitative estimate of drug-likeness (QED) is 0.847. The first-order valence-corrected chi connectivity index (χ1v) is 8.80. The molecule has 4 nitrogen and oxygen atoms in total. The standard InChI is InChI=1S/C20H21ClN2O2/c1-15-6-2-3-7-16(15)14-19(24)22-10-12-23(13-11-22)20(25)17-8-4-5-9-18(17)21/h2-9H,10-14H2,1H3. The van der Waals surface area contributed by atoms with Crippen LogP contribution in [0.3, 0.4) is 0 Å². The summed E-state index contributed by atoms with van der Waals surface area (Å²) in [5.74, 6) is 0.0377. The van der Waals surface area contributed by atoms with Crippen LogP contribution in [0.5, 0.6) is 0 Å². The number of aryl methyl sites for hydroxylation is 1. The fourth-order valence-corrected chi connectivity index (χ4v) is 3.26. The summed E-state index contributed by atoms with van der Waals surface area (Å²) in [6.45, 7) is 4.19. The highest BCUT2D eigenvalue weighted by atomic mass is 35.5. The maximum Gasteiger partial charge on any atom is 0.255 e. The molecular formula is C20H21ClN2O2. The van der Waals surface area contributed by atoms with Gasteiger partial charge in [-0.1, -0.05) is 48.0 Å². The average Bonchev–Trinajstić information content (AvgIpc) is 2.63. The second kappa shape index (κ2) is 7.70. The van der Waals surface area contributed by atoms with E-state index in [0.29, 0.717) is 43.2 Å². The van der Waals surface area contributed by atoms with Gasteiger partial charge in [0.1, 0.15) is 0 Å². The highest BCUT2D eigenvalue weighted by molar-refractivity contribution is 6.33. The molecule has 1 aliphatic heterocycles. The van der Waals surface area contributed by atoms with Gasteiger partial charge < -0.3 is 9.80 Å². The maximum atomic E-state index is 12.6. The molecule has 3 rings (SSSR count). The van der Waals surface area contributed by atoms with E-state index in [4.69, 9.17) is 11.6 Å². The van der Waals surface area contributed by atoms with Crippen molar-refractivity contribution in [3.05, 3.63) is 70.2 Å². The lowest BCUT2D eigenvalue weighted by Gasteiger charge is -2.35. The summed E-state index contributed by atoms with van der Waals surface area (Å²) >= 11 is 6.11. The second-order valence-electron chi connectivity index (χ2n) is 6.26. The molecule has 0 radical (unpaired) electrons. The summed E-state index contributed by atoms with van der Waals surface area (Å²) in [6.07, 6.45) is 0.408. The molecule has 0 aromatic heterocycles. The van der Waals surface area contributed by atoms with Gasteiger partial charge in [0, 0.05) is 26.2 Å². The predicted molar refractivity (Wildman–Crippen MR) is 98.8 cm³/mol. The summed E-state index contributed by atoms with van der Waals surface area (Å²) in [5.41, 5.74) is 2.70. The lowest BCUT2D eigenvalue weighted by molar-refractivity contribution is -0.131. The molecule has 2 aromatic carbocycles. The van der Waals surface area contributed by atoms with Crippen LogP contribution in [0.15, 0.2) is 48.5 Å². The third kappa shape index (κ3) is 4.02. The first-order valence-electron chi connectivity index (χ1n) is 8.42. The van der Waals surface area contributed by atoms with Crippen molar-refractivity contribution < 1.29 is 9.59 Å². The molecule has 0 aliphatic carbocycles. The van der Waals surface area contributed by atoms with Gasteiger partial charge in [-0.25, -0.2) is 0 Å². The number of carbonyl (C=O) groups is 2. The summed E-state index contributed by atoms with van der Waals surface area (Å²) < 4.78 is 0. The van der Waals surface area contributed by atoms with E-state index in [1.165, 1.54) is 0 Å². The number of nitrogens with zero attached hydrogens (tertiary/aromatic N) is 2. The minimum Gasteiger partial charge on any atom is -0.339 e. The van der Waals surface area contributed by atoms with E-state index in [1.807, 2.05) is 36.1 Å². The molecule has 0 spiro atoms. The Labute approximate surface area is 153 Å². The van der Waals surface area contributed by atoms with Gasteiger partial charge in [0.05, 0.1) is 17.0 Å². The largest absolute Gasteiger partial charge is 0.339 e. The van der Waals surface area contributed by atoms with Gasteiger partial charge in [-0.05, 0) is 30.2 Å². The Balaban J connectivity index is 1.58. The number of benzene rings is 2. The molecule has 130 valence electrons. The minimum atomic E-state index is -0.0726. The third-order valence-corrected chi connectivity index (χ3v) is 4.96. The van der Waals surface area contributed by atoms with Crippen LogP contribution in [-0.4, -0.2) is 47.8 Å². The van der Waals surface area contributed by atoms with Crippen LogP contribution in [0.1, 0.15) is 21.5 Å². The van der Waals surface area contributed by atoms with Crippen molar-refractivity contribution >= 4 is 23.4 Å². The Kier molecular flexibility index (Phi) is 5.39. The van der Waals surface area contributed by atoms with E-state index in [-0.39, 0.29) is 11.8 Å². The molecule has 0 unspecified atom stereocenters. The number of amides is 2. The first kappa shape index (κ1) is 17.5. The van der Waals surface area contributed by atoms with Crippen molar-refractivity contribution in [2.75, 3.05) is 26.2 Å². The first-order chi connectivity index (χ1) is 12.1. The van der Waals surface area contributed by atoms with Gasteiger partial charge in [-0.2, -0.15) is 0 Å². The van der Waals surface area contributed by atoms with Gasteiger partial charge in [-0.15, -0.1) is 0 Å². The topological polar surface area (TPSA) is 40.6 Å². The highest BCUT2D eigenvalue weighted by Crippen LogP contribution is 2.18. The van der Waals surface area contributed by atoms with Crippen molar-refractivity contribution in [2.45, 2.75) is 13.3 Å². The molecule has 1 heterocycles. The number of carbonyl (C=O) groups excluding carboxylic acids is 2. The fraction of sp³-hybridized carbons (Fsp3) is 0.300. The van der Waals surface area contributed by atoms with Crippen LogP contribution in [0.2, 0.25) is 5.02 Å².